The Kier molecular flexibility index (Phi) is 6.07. The average Bonchev–Trinajstić information content (AvgIpc) is 3.25. The SMILES string of the molecule is O=C(CCCNC(=O)C12CC3CC(CC(C3)C1)C2)Oc1ccc(C2SCCS2)cc1. The summed E-state index contributed by atoms with van der Waals surface area (Å²) in [5.41, 5.74) is 1.18. The van der Waals surface area contributed by atoms with Gasteiger partial charge in [-0.25, -0.2) is 0 Å². The Balaban J connectivity index is 1.04. The van der Waals surface area contributed by atoms with Crippen molar-refractivity contribution < 1.29 is 14.3 Å². The van der Waals surface area contributed by atoms with E-state index >= 15 is 0 Å². The van der Waals surface area contributed by atoms with Gasteiger partial charge in [0.1, 0.15) is 5.75 Å². The summed E-state index contributed by atoms with van der Waals surface area (Å²) < 4.78 is 5.98. The number of thioether (sulfide) groups is 2. The number of hydrogen-bond acceptors (Lipinski definition) is 5. The average molecular weight is 446 g/mol. The lowest BCUT2D eigenvalue weighted by Gasteiger charge is -2.55. The van der Waals surface area contributed by atoms with Crippen LogP contribution in [0.3, 0.4) is 0 Å². The molecule has 1 saturated heterocycles. The summed E-state index contributed by atoms with van der Waals surface area (Å²) in [5.74, 6) is 5.34. The van der Waals surface area contributed by atoms with E-state index in [4.69, 9.17) is 4.74 Å². The van der Waals surface area contributed by atoms with Gasteiger partial charge in [-0.3, -0.25) is 9.59 Å². The molecule has 4 nitrogen and oxygen atoms in total. The molecule has 1 aromatic rings. The molecule has 4 saturated carbocycles. The number of benzene rings is 1. The molecule has 1 aromatic carbocycles. The number of hydrogen-bond donors (Lipinski definition) is 1. The number of carbonyl (C=O) groups is 2. The van der Waals surface area contributed by atoms with E-state index in [1.165, 1.54) is 36.3 Å². The lowest BCUT2D eigenvalue weighted by Crippen LogP contribution is -2.53. The molecule has 0 atom stereocenters. The van der Waals surface area contributed by atoms with E-state index in [0.29, 0.717) is 29.7 Å². The van der Waals surface area contributed by atoms with E-state index in [9.17, 15) is 9.59 Å². The molecule has 4 bridgehead atoms. The molecule has 1 amide bonds. The molecule has 6 heteroatoms. The van der Waals surface area contributed by atoms with Gasteiger partial charge in [0.15, 0.2) is 0 Å². The molecule has 162 valence electrons. The smallest absolute Gasteiger partial charge is 0.311 e. The first-order valence-electron chi connectivity index (χ1n) is 11.4. The van der Waals surface area contributed by atoms with Crippen LogP contribution in [0.1, 0.15) is 61.5 Å². The second-order valence-corrected chi connectivity index (χ2v) is 12.4. The topological polar surface area (TPSA) is 55.4 Å². The van der Waals surface area contributed by atoms with Crippen molar-refractivity contribution in [2.75, 3.05) is 18.1 Å². The molecular weight excluding hydrogens is 414 g/mol. The van der Waals surface area contributed by atoms with Crippen LogP contribution in [-0.2, 0) is 9.59 Å². The predicted molar refractivity (Wildman–Crippen MR) is 123 cm³/mol. The standard InChI is InChI=1S/C24H31NO3S2/c26-21(28-20-5-3-19(4-6-20)22-29-8-9-30-22)2-1-7-25-23(27)24-13-16-10-17(14-24)12-18(11-16)15-24/h3-6,16-18,22H,1-2,7-15H2,(H,25,27). The van der Waals surface area contributed by atoms with Crippen molar-refractivity contribution in [1.82, 2.24) is 5.32 Å². The molecule has 0 spiro atoms. The van der Waals surface area contributed by atoms with Crippen molar-refractivity contribution >= 4 is 35.4 Å². The predicted octanol–water partition coefficient (Wildman–Crippen LogP) is 5.18. The minimum Gasteiger partial charge on any atom is -0.427 e. The second-order valence-electron chi connectivity index (χ2n) is 9.67. The maximum Gasteiger partial charge on any atom is 0.311 e. The zero-order valence-electron chi connectivity index (χ0n) is 17.4. The normalized spacial score (nSPS) is 32.3. The van der Waals surface area contributed by atoms with Crippen LogP contribution in [0.5, 0.6) is 5.75 Å². The van der Waals surface area contributed by atoms with Crippen molar-refractivity contribution in [3.05, 3.63) is 29.8 Å². The van der Waals surface area contributed by atoms with Crippen LogP contribution in [0.25, 0.3) is 0 Å². The molecule has 0 aromatic heterocycles. The van der Waals surface area contributed by atoms with Gasteiger partial charge in [-0.1, -0.05) is 12.1 Å². The zero-order valence-corrected chi connectivity index (χ0v) is 19.1. The number of amides is 1. The molecule has 30 heavy (non-hydrogen) atoms. The maximum atomic E-state index is 12.9. The Bertz CT molecular complexity index is 753. The number of rotatable bonds is 7. The second kappa shape index (κ2) is 8.78. The van der Waals surface area contributed by atoms with E-state index in [-0.39, 0.29) is 17.3 Å². The van der Waals surface area contributed by atoms with E-state index < -0.39 is 0 Å². The van der Waals surface area contributed by atoms with Gasteiger partial charge in [0.25, 0.3) is 0 Å². The summed E-state index contributed by atoms with van der Waals surface area (Å²) in [4.78, 5) is 25.1. The van der Waals surface area contributed by atoms with Crippen LogP contribution in [0.2, 0.25) is 0 Å². The van der Waals surface area contributed by atoms with Crippen LogP contribution < -0.4 is 10.1 Å². The van der Waals surface area contributed by atoms with E-state index in [1.54, 1.807) is 0 Å². The monoisotopic (exact) mass is 445 g/mol. The molecule has 0 unspecified atom stereocenters. The van der Waals surface area contributed by atoms with Gasteiger partial charge >= 0.3 is 5.97 Å². The van der Waals surface area contributed by atoms with Crippen molar-refractivity contribution in [2.45, 2.75) is 55.9 Å². The third kappa shape index (κ3) is 4.40. The number of esters is 1. The third-order valence-electron chi connectivity index (χ3n) is 7.37. The molecule has 1 heterocycles. The Morgan fingerprint density at radius 1 is 0.967 bits per heavy atom. The Labute approximate surface area is 187 Å². The Hall–Kier alpha value is -1.14. The molecule has 1 aliphatic heterocycles. The van der Waals surface area contributed by atoms with Gasteiger partial charge < -0.3 is 10.1 Å². The fourth-order valence-electron chi connectivity index (χ4n) is 6.44. The van der Waals surface area contributed by atoms with Gasteiger partial charge in [0.2, 0.25) is 5.91 Å². The molecule has 4 aliphatic carbocycles. The first-order valence-corrected chi connectivity index (χ1v) is 13.5. The van der Waals surface area contributed by atoms with E-state index in [0.717, 1.165) is 37.0 Å². The first-order chi connectivity index (χ1) is 14.6. The van der Waals surface area contributed by atoms with Crippen LogP contribution in [0.15, 0.2) is 24.3 Å². The Morgan fingerprint density at radius 3 is 2.17 bits per heavy atom. The largest absolute Gasteiger partial charge is 0.427 e. The summed E-state index contributed by atoms with van der Waals surface area (Å²) in [7, 11) is 0. The molecule has 5 aliphatic rings. The lowest BCUT2D eigenvalue weighted by molar-refractivity contribution is -0.146. The van der Waals surface area contributed by atoms with Crippen molar-refractivity contribution in [3.63, 3.8) is 0 Å². The third-order valence-corrected chi connectivity index (χ3v) is 10.5. The van der Waals surface area contributed by atoms with Crippen LogP contribution in [0.4, 0.5) is 0 Å². The minimum atomic E-state index is -0.226. The van der Waals surface area contributed by atoms with E-state index in [2.05, 4.69) is 17.4 Å². The van der Waals surface area contributed by atoms with Gasteiger partial charge in [-0.15, -0.1) is 23.5 Å². The van der Waals surface area contributed by atoms with Crippen molar-refractivity contribution in [1.29, 1.82) is 0 Å². The van der Waals surface area contributed by atoms with Crippen LogP contribution in [0, 0.1) is 23.2 Å². The highest BCUT2D eigenvalue weighted by molar-refractivity contribution is 8.19. The minimum absolute atomic E-state index is 0.104. The summed E-state index contributed by atoms with van der Waals surface area (Å²) in [6.07, 6.45) is 8.25. The highest BCUT2D eigenvalue weighted by atomic mass is 32.2. The van der Waals surface area contributed by atoms with Crippen LogP contribution in [-0.4, -0.2) is 29.9 Å². The first kappa shape index (κ1) is 20.7. The van der Waals surface area contributed by atoms with Gasteiger partial charge in [-0.05, 0) is 80.4 Å². The van der Waals surface area contributed by atoms with Crippen molar-refractivity contribution in [3.8, 4) is 5.75 Å². The summed E-state index contributed by atoms with van der Waals surface area (Å²) in [6, 6.07) is 7.90. The van der Waals surface area contributed by atoms with Crippen LogP contribution >= 0.6 is 23.5 Å². The summed E-state index contributed by atoms with van der Waals surface area (Å²) >= 11 is 3.94. The quantitative estimate of drug-likeness (QED) is 0.356. The number of nitrogens with one attached hydrogen (secondary N) is 1. The highest BCUT2D eigenvalue weighted by Gasteiger charge is 2.54. The highest BCUT2D eigenvalue weighted by Crippen LogP contribution is 2.60. The fourth-order valence-corrected chi connectivity index (χ4v) is 9.30. The lowest BCUT2D eigenvalue weighted by atomic mass is 9.49. The summed E-state index contributed by atoms with van der Waals surface area (Å²) in [5, 5.41) is 3.15. The molecule has 6 rings (SSSR count). The van der Waals surface area contributed by atoms with Gasteiger partial charge in [0, 0.05) is 29.9 Å². The van der Waals surface area contributed by atoms with Gasteiger partial charge in [-0.2, -0.15) is 0 Å². The van der Waals surface area contributed by atoms with E-state index in [1.807, 2.05) is 35.7 Å². The number of carbonyl (C=O) groups excluding carboxylic acids is 2. The fraction of sp³-hybridized carbons (Fsp3) is 0.667. The Morgan fingerprint density at radius 2 is 1.57 bits per heavy atom. The zero-order chi connectivity index (χ0) is 20.6. The van der Waals surface area contributed by atoms with Crippen molar-refractivity contribution in [2.24, 2.45) is 23.2 Å². The number of ether oxygens (including phenoxy) is 1. The molecule has 5 fully saturated rings. The van der Waals surface area contributed by atoms with Gasteiger partial charge in [0.05, 0.1) is 4.58 Å². The molecule has 0 radical (unpaired) electrons. The summed E-state index contributed by atoms with van der Waals surface area (Å²) in [6.45, 7) is 0.560. The maximum absolute atomic E-state index is 12.9. The molecular formula is C24H31NO3S2. The molecule has 1 N–H and O–H groups in total.